The largest absolute Gasteiger partial charge is 0.243 e. The molecule has 2 rings (SSSR count). The molecule has 1 aliphatic rings. The van der Waals surface area contributed by atoms with Gasteiger partial charge in [-0.1, -0.05) is 32.0 Å². The molecule has 3 nitrogen and oxygen atoms in total. The van der Waals surface area contributed by atoms with Crippen molar-refractivity contribution in [3.63, 3.8) is 0 Å². The third-order valence-corrected chi connectivity index (χ3v) is 6.46. The maximum atomic E-state index is 12.7. The number of hydrogen-bond donors (Lipinski definition) is 0. The second-order valence-corrected chi connectivity index (χ2v) is 7.90. The van der Waals surface area contributed by atoms with E-state index in [9.17, 15) is 8.42 Å². The number of sulfonamides is 1. The number of alkyl halides is 1. The molecule has 1 heterocycles. The number of halogens is 1. The molecule has 0 atom stereocenters. The molecule has 5 heteroatoms. The van der Waals surface area contributed by atoms with Crippen LogP contribution in [0.4, 0.5) is 0 Å². The summed E-state index contributed by atoms with van der Waals surface area (Å²) in [5.41, 5.74) is 0.681. The summed E-state index contributed by atoms with van der Waals surface area (Å²) >= 11 is 5.86. The maximum absolute atomic E-state index is 12.7. The molecule has 0 spiro atoms. The van der Waals surface area contributed by atoms with E-state index in [4.69, 9.17) is 11.6 Å². The quantitative estimate of drug-likeness (QED) is 0.798. The Bertz CT molecular complexity index is 549. The van der Waals surface area contributed by atoms with E-state index in [-0.39, 0.29) is 5.88 Å². The molecule has 112 valence electrons. The Morgan fingerprint density at radius 1 is 1.25 bits per heavy atom. The van der Waals surface area contributed by atoms with Gasteiger partial charge in [-0.25, -0.2) is 8.42 Å². The summed E-state index contributed by atoms with van der Waals surface area (Å²) in [6.45, 7) is 5.64. The number of rotatable bonds is 4. The minimum atomic E-state index is -3.41. The Hall–Kier alpha value is -0.580. The normalized spacial score (nSPS) is 18.6. The fraction of sp³-hybridized carbons (Fsp3) is 0.600. The lowest BCUT2D eigenvalue weighted by Crippen LogP contribution is -2.39. The van der Waals surface area contributed by atoms with Crippen LogP contribution in [-0.2, 0) is 15.9 Å². The lowest BCUT2D eigenvalue weighted by Gasteiger charge is -2.33. The molecule has 0 aromatic heterocycles. The van der Waals surface area contributed by atoms with Crippen LogP contribution in [0.25, 0.3) is 0 Å². The predicted molar refractivity (Wildman–Crippen MR) is 82.3 cm³/mol. The summed E-state index contributed by atoms with van der Waals surface area (Å²) in [6, 6.07) is 7.01. The van der Waals surface area contributed by atoms with Crippen molar-refractivity contribution in [1.29, 1.82) is 0 Å². The number of piperidine rings is 1. The van der Waals surface area contributed by atoms with Crippen LogP contribution in [-0.4, -0.2) is 25.8 Å². The van der Waals surface area contributed by atoms with E-state index in [0.29, 0.717) is 35.4 Å². The van der Waals surface area contributed by atoms with E-state index in [0.717, 1.165) is 12.8 Å². The van der Waals surface area contributed by atoms with E-state index in [1.54, 1.807) is 22.5 Å². The van der Waals surface area contributed by atoms with Gasteiger partial charge in [0.25, 0.3) is 0 Å². The predicted octanol–water partition coefficient (Wildman–Crippen LogP) is 3.48. The first-order valence-electron chi connectivity index (χ1n) is 7.11. The molecule has 0 unspecified atom stereocenters. The van der Waals surface area contributed by atoms with Crippen LogP contribution >= 0.6 is 11.6 Å². The highest BCUT2D eigenvalue weighted by molar-refractivity contribution is 7.89. The van der Waals surface area contributed by atoms with Crippen molar-refractivity contribution >= 4 is 21.6 Å². The van der Waals surface area contributed by atoms with Crippen LogP contribution in [0.2, 0.25) is 0 Å². The van der Waals surface area contributed by atoms with Gasteiger partial charge in [-0.15, -0.1) is 11.6 Å². The van der Waals surface area contributed by atoms with Gasteiger partial charge in [0.2, 0.25) is 10.0 Å². The van der Waals surface area contributed by atoms with Crippen LogP contribution < -0.4 is 0 Å². The third kappa shape index (κ3) is 3.18. The van der Waals surface area contributed by atoms with E-state index in [2.05, 4.69) is 13.8 Å². The second-order valence-electron chi connectivity index (χ2n) is 5.73. The van der Waals surface area contributed by atoms with Gasteiger partial charge in [0.1, 0.15) is 0 Å². The van der Waals surface area contributed by atoms with Crippen LogP contribution in [0.15, 0.2) is 29.2 Å². The molecule has 1 aromatic rings. The lowest BCUT2D eigenvalue weighted by molar-refractivity contribution is 0.226. The molecular formula is C15H22ClNO2S. The topological polar surface area (TPSA) is 37.4 Å². The number of hydrogen-bond acceptors (Lipinski definition) is 2. The molecule has 0 aliphatic carbocycles. The minimum absolute atomic E-state index is 0.220. The molecule has 1 fully saturated rings. The highest BCUT2D eigenvalue weighted by atomic mass is 35.5. The number of benzene rings is 1. The van der Waals surface area contributed by atoms with Gasteiger partial charge >= 0.3 is 0 Å². The maximum Gasteiger partial charge on any atom is 0.243 e. The molecule has 1 aromatic carbocycles. The van der Waals surface area contributed by atoms with Gasteiger partial charge in [0, 0.05) is 19.0 Å². The average molecular weight is 316 g/mol. The van der Waals surface area contributed by atoms with Crippen LogP contribution in [0.3, 0.4) is 0 Å². The van der Waals surface area contributed by atoms with Crippen LogP contribution in [0.1, 0.15) is 32.3 Å². The molecule has 0 saturated carbocycles. The average Bonchev–Trinajstić information content (AvgIpc) is 2.47. The molecule has 1 saturated heterocycles. The van der Waals surface area contributed by atoms with Crippen molar-refractivity contribution in [2.24, 2.45) is 11.8 Å². The van der Waals surface area contributed by atoms with Crippen molar-refractivity contribution < 1.29 is 8.42 Å². The molecule has 0 bridgehead atoms. The Labute approximate surface area is 127 Å². The molecule has 0 N–H and O–H groups in total. The van der Waals surface area contributed by atoms with Crippen LogP contribution in [0.5, 0.6) is 0 Å². The first-order chi connectivity index (χ1) is 9.46. The molecule has 1 aliphatic heterocycles. The van der Waals surface area contributed by atoms with Crippen molar-refractivity contribution in [3.8, 4) is 0 Å². The van der Waals surface area contributed by atoms with Gasteiger partial charge in [-0.2, -0.15) is 4.31 Å². The summed E-state index contributed by atoms with van der Waals surface area (Å²) in [4.78, 5) is 0.359. The highest BCUT2D eigenvalue weighted by Crippen LogP contribution is 2.29. The van der Waals surface area contributed by atoms with Crippen molar-refractivity contribution in [3.05, 3.63) is 29.8 Å². The summed E-state index contributed by atoms with van der Waals surface area (Å²) in [7, 11) is -3.41. The molecule has 0 amide bonds. The fourth-order valence-corrected chi connectivity index (χ4v) is 4.79. The molecular weight excluding hydrogens is 294 g/mol. The SMILES string of the molecule is CC(C)C1CCN(S(=O)(=O)c2ccccc2CCl)CC1. The summed E-state index contributed by atoms with van der Waals surface area (Å²) < 4.78 is 27.0. The smallest absolute Gasteiger partial charge is 0.207 e. The highest BCUT2D eigenvalue weighted by Gasteiger charge is 2.31. The summed E-state index contributed by atoms with van der Waals surface area (Å²) in [6.07, 6.45) is 1.89. The lowest BCUT2D eigenvalue weighted by atomic mass is 9.87. The van der Waals surface area contributed by atoms with Gasteiger partial charge < -0.3 is 0 Å². The Morgan fingerprint density at radius 2 is 1.85 bits per heavy atom. The van der Waals surface area contributed by atoms with Crippen molar-refractivity contribution in [1.82, 2.24) is 4.31 Å². The first kappa shape index (κ1) is 15.8. The second kappa shape index (κ2) is 6.46. The third-order valence-electron chi connectivity index (χ3n) is 4.18. The zero-order valence-electron chi connectivity index (χ0n) is 12.0. The van der Waals surface area contributed by atoms with Gasteiger partial charge in [-0.3, -0.25) is 0 Å². The van der Waals surface area contributed by atoms with E-state index in [1.807, 2.05) is 6.07 Å². The zero-order valence-corrected chi connectivity index (χ0v) is 13.6. The van der Waals surface area contributed by atoms with Crippen molar-refractivity contribution in [2.45, 2.75) is 37.5 Å². The van der Waals surface area contributed by atoms with Crippen LogP contribution in [0, 0.1) is 11.8 Å². The van der Waals surface area contributed by atoms with Gasteiger partial charge in [-0.05, 0) is 36.3 Å². The Kier molecular flexibility index (Phi) is 5.10. The summed E-state index contributed by atoms with van der Waals surface area (Å²) in [5, 5.41) is 0. The monoisotopic (exact) mass is 315 g/mol. The minimum Gasteiger partial charge on any atom is -0.207 e. The fourth-order valence-electron chi connectivity index (χ4n) is 2.79. The van der Waals surface area contributed by atoms with E-state index >= 15 is 0 Å². The van der Waals surface area contributed by atoms with Crippen molar-refractivity contribution in [2.75, 3.05) is 13.1 Å². The Balaban J connectivity index is 2.20. The Morgan fingerprint density at radius 3 is 2.40 bits per heavy atom. The zero-order chi connectivity index (χ0) is 14.8. The number of nitrogens with zero attached hydrogens (tertiary/aromatic N) is 1. The van der Waals surface area contributed by atoms with Gasteiger partial charge in [0.05, 0.1) is 4.90 Å². The summed E-state index contributed by atoms with van der Waals surface area (Å²) in [5.74, 6) is 1.47. The standard InChI is InChI=1S/C15H22ClNO2S/c1-12(2)13-7-9-17(10-8-13)20(18,19)15-6-4-3-5-14(15)11-16/h3-6,12-13H,7-11H2,1-2H3. The molecule has 20 heavy (non-hydrogen) atoms. The van der Waals surface area contributed by atoms with E-state index < -0.39 is 10.0 Å². The van der Waals surface area contributed by atoms with E-state index in [1.165, 1.54) is 0 Å². The first-order valence-corrected chi connectivity index (χ1v) is 9.08. The molecule has 0 radical (unpaired) electrons. The van der Waals surface area contributed by atoms with Gasteiger partial charge in [0.15, 0.2) is 0 Å².